The van der Waals surface area contributed by atoms with Crippen LogP contribution in [0.25, 0.3) is 0 Å². The number of ether oxygens (including phenoxy) is 1. The van der Waals surface area contributed by atoms with Gasteiger partial charge in [-0.2, -0.15) is 0 Å². The van der Waals surface area contributed by atoms with E-state index in [0.29, 0.717) is 28.6 Å². The molecule has 0 aliphatic carbocycles. The van der Waals surface area contributed by atoms with E-state index in [4.69, 9.17) is 27.9 Å². The quantitative estimate of drug-likeness (QED) is 0.904. The average Bonchev–Trinajstić information content (AvgIpc) is 2.49. The molecular weight excluding hydrogens is 309 g/mol. The van der Waals surface area contributed by atoms with Gasteiger partial charge in [-0.1, -0.05) is 29.3 Å². The maximum atomic E-state index is 12.0. The number of methoxy groups -OCH3 is 1. The van der Waals surface area contributed by atoms with Gasteiger partial charge in [0.2, 0.25) is 0 Å². The number of carbonyl (C=O) groups excluding carboxylic acids is 1. The van der Waals surface area contributed by atoms with Gasteiger partial charge in [0.15, 0.2) is 0 Å². The minimum atomic E-state index is -0.122. The lowest BCUT2D eigenvalue weighted by Gasteiger charge is -2.07. The highest BCUT2D eigenvalue weighted by Crippen LogP contribution is 2.21. The van der Waals surface area contributed by atoms with Gasteiger partial charge in [-0.25, -0.2) is 0 Å². The monoisotopic (exact) mass is 323 g/mol. The molecule has 0 heterocycles. The van der Waals surface area contributed by atoms with Crippen LogP contribution >= 0.6 is 23.2 Å². The Labute approximate surface area is 133 Å². The Morgan fingerprint density at radius 3 is 2.48 bits per heavy atom. The molecule has 0 aromatic heterocycles. The molecular formula is C16H15Cl2NO2. The summed E-state index contributed by atoms with van der Waals surface area (Å²) in [6.45, 7) is 0.506. The van der Waals surface area contributed by atoms with Crippen molar-refractivity contribution in [2.45, 2.75) is 6.42 Å². The summed E-state index contributed by atoms with van der Waals surface area (Å²) in [5.41, 5.74) is 1.55. The highest BCUT2D eigenvalue weighted by Gasteiger charge is 2.06. The molecule has 2 aromatic carbocycles. The van der Waals surface area contributed by atoms with Crippen LogP contribution in [0.2, 0.25) is 10.0 Å². The van der Waals surface area contributed by atoms with Gasteiger partial charge in [-0.15, -0.1) is 0 Å². The van der Waals surface area contributed by atoms with Crippen LogP contribution in [-0.2, 0) is 6.42 Å². The van der Waals surface area contributed by atoms with Crippen LogP contribution in [0.5, 0.6) is 5.75 Å². The SMILES string of the molecule is COc1ccc(C(=O)NCCc2ccc(Cl)cc2Cl)cc1. The smallest absolute Gasteiger partial charge is 0.251 e. The zero-order valence-electron chi connectivity index (χ0n) is 11.5. The summed E-state index contributed by atoms with van der Waals surface area (Å²) in [6.07, 6.45) is 0.651. The molecule has 1 amide bonds. The number of hydrogen-bond donors (Lipinski definition) is 1. The van der Waals surface area contributed by atoms with Crippen LogP contribution in [0, 0.1) is 0 Å². The largest absolute Gasteiger partial charge is 0.497 e. The number of rotatable bonds is 5. The molecule has 0 atom stereocenters. The van der Waals surface area contributed by atoms with Crippen molar-refractivity contribution in [2.75, 3.05) is 13.7 Å². The van der Waals surface area contributed by atoms with Crippen LogP contribution in [-0.4, -0.2) is 19.6 Å². The second-order valence-corrected chi connectivity index (χ2v) is 5.31. The van der Waals surface area contributed by atoms with E-state index in [0.717, 1.165) is 11.3 Å². The first kappa shape index (κ1) is 15.7. The fourth-order valence-corrected chi connectivity index (χ4v) is 2.38. The van der Waals surface area contributed by atoms with Gasteiger partial charge in [0.1, 0.15) is 5.75 Å². The molecule has 0 unspecified atom stereocenters. The summed E-state index contributed by atoms with van der Waals surface area (Å²) in [5, 5.41) is 4.07. The summed E-state index contributed by atoms with van der Waals surface area (Å²) in [5.74, 6) is 0.599. The summed E-state index contributed by atoms with van der Waals surface area (Å²) in [6, 6.07) is 12.3. The van der Waals surface area contributed by atoms with E-state index in [2.05, 4.69) is 5.32 Å². The molecule has 110 valence electrons. The van der Waals surface area contributed by atoms with E-state index in [1.165, 1.54) is 0 Å². The summed E-state index contributed by atoms with van der Waals surface area (Å²) in [7, 11) is 1.59. The molecule has 2 aromatic rings. The highest BCUT2D eigenvalue weighted by molar-refractivity contribution is 6.35. The van der Waals surface area contributed by atoms with Crippen LogP contribution < -0.4 is 10.1 Å². The Hall–Kier alpha value is -1.71. The van der Waals surface area contributed by atoms with E-state index in [9.17, 15) is 4.79 Å². The lowest BCUT2D eigenvalue weighted by Crippen LogP contribution is -2.25. The third kappa shape index (κ3) is 4.38. The molecule has 0 radical (unpaired) electrons. The van der Waals surface area contributed by atoms with Crippen molar-refractivity contribution in [1.29, 1.82) is 0 Å². The van der Waals surface area contributed by atoms with Crippen LogP contribution in [0.3, 0.4) is 0 Å². The van der Waals surface area contributed by atoms with E-state index >= 15 is 0 Å². The second kappa shape index (κ2) is 7.34. The van der Waals surface area contributed by atoms with Gasteiger partial charge >= 0.3 is 0 Å². The Morgan fingerprint density at radius 2 is 1.86 bits per heavy atom. The molecule has 21 heavy (non-hydrogen) atoms. The van der Waals surface area contributed by atoms with Crippen molar-refractivity contribution in [1.82, 2.24) is 5.32 Å². The van der Waals surface area contributed by atoms with Gasteiger partial charge < -0.3 is 10.1 Å². The molecule has 0 saturated heterocycles. The van der Waals surface area contributed by atoms with Crippen molar-refractivity contribution in [3.8, 4) is 5.75 Å². The third-order valence-corrected chi connectivity index (χ3v) is 3.63. The fourth-order valence-electron chi connectivity index (χ4n) is 1.88. The number of halogens is 2. The first-order chi connectivity index (χ1) is 10.1. The molecule has 5 heteroatoms. The van der Waals surface area contributed by atoms with E-state index < -0.39 is 0 Å². The Kier molecular flexibility index (Phi) is 5.48. The molecule has 0 bridgehead atoms. The molecule has 0 fully saturated rings. The number of nitrogens with one attached hydrogen (secondary N) is 1. The lowest BCUT2D eigenvalue weighted by molar-refractivity contribution is 0.0954. The van der Waals surface area contributed by atoms with Gasteiger partial charge in [-0.05, 0) is 48.4 Å². The molecule has 3 nitrogen and oxygen atoms in total. The zero-order chi connectivity index (χ0) is 15.2. The van der Waals surface area contributed by atoms with Crippen molar-refractivity contribution >= 4 is 29.1 Å². The topological polar surface area (TPSA) is 38.3 Å². The van der Waals surface area contributed by atoms with Gasteiger partial charge in [0, 0.05) is 22.2 Å². The van der Waals surface area contributed by atoms with Crippen LogP contribution in [0.1, 0.15) is 15.9 Å². The fraction of sp³-hybridized carbons (Fsp3) is 0.188. The van der Waals surface area contributed by atoms with Crippen molar-refractivity contribution in [2.24, 2.45) is 0 Å². The number of carbonyl (C=O) groups is 1. The summed E-state index contributed by atoms with van der Waals surface area (Å²) < 4.78 is 5.05. The normalized spacial score (nSPS) is 10.2. The minimum Gasteiger partial charge on any atom is -0.497 e. The molecule has 0 spiro atoms. The third-order valence-electron chi connectivity index (χ3n) is 3.05. The van der Waals surface area contributed by atoms with Crippen molar-refractivity contribution < 1.29 is 9.53 Å². The van der Waals surface area contributed by atoms with Gasteiger partial charge in [-0.3, -0.25) is 4.79 Å². The van der Waals surface area contributed by atoms with E-state index in [1.54, 1.807) is 43.5 Å². The van der Waals surface area contributed by atoms with E-state index in [1.807, 2.05) is 6.07 Å². The number of amides is 1. The van der Waals surface area contributed by atoms with Crippen LogP contribution in [0.4, 0.5) is 0 Å². The zero-order valence-corrected chi connectivity index (χ0v) is 13.0. The van der Waals surface area contributed by atoms with Gasteiger partial charge in [0.05, 0.1) is 7.11 Å². The first-order valence-electron chi connectivity index (χ1n) is 6.46. The summed E-state index contributed by atoms with van der Waals surface area (Å²) in [4.78, 5) is 12.0. The highest BCUT2D eigenvalue weighted by atomic mass is 35.5. The molecule has 0 aliphatic heterocycles. The number of hydrogen-bond acceptors (Lipinski definition) is 2. The molecule has 1 N–H and O–H groups in total. The van der Waals surface area contributed by atoms with Crippen LogP contribution in [0.15, 0.2) is 42.5 Å². The number of benzene rings is 2. The molecule has 0 saturated carbocycles. The van der Waals surface area contributed by atoms with Gasteiger partial charge in [0.25, 0.3) is 5.91 Å². The summed E-state index contributed by atoms with van der Waals surface area (Å²) >= 11 is 11.9. The molecule has 0 aliphatic rings. The van der Waals surface area contributed by atoms with Crippen molar-refractivity contribution in [3.05, 3.63) is 63.6 Å². The Morgan fingerprint density at radius 1 is 1.14 bits per heavy atom. The molecule has 2 rings (SSSR count). The maximum absolute atomic E-state index is 12.0. The average molecular weight is 324 g/mol. The predicted octanol–water partition coefficient (Wildman–Crippen LogP) is 3.97. The first-order valence-corrected chi connectivity index (χ1v) is 7.22. The lowest BCUT2D eigenvalue weighted by atomic mass is 10.1. The minimum absolute atomic E-state index is 0.122. The van der Waals surface area contributed by atoms with Crippen molar-refractivity contribution in [3.63, 3.8) is 0 Å². The van der Waals surface area contributed by atoms with E-state index in [-0.39, 0.29) is 5.91 Å². The Balaban J connectivity index is 1.88. The second-order valence-electron chi connectivity index (χ2n) is 4.47. The Bertz CT molecular complexity index is 627. The standard InChI is InChI=1S/C16H15Cl2NO2/c1-21-14-6-3-12(4-7-14)16(20)19-9-8-11-2-5-13(17)10-15(11)18/h2-7,10H,8-9H2,1H3,(H,19,20). The predicted molar refractivity (Wildman–Crippen MR) is 85.5 cm³/mol. The maximum Gasteiger partial charge on any atom is 0.251 e.